The molecular weight excluding hydrogens is 124 g/mol. The second-order valence-electron chi connectivity index (χ2n) is 2.09. The summed E-state index contributed by atoms with van der Waals surface area (Å²) in [6.07, 6.45) is 3.70. The molecule has 0 amide bonds. The summed E-state index contributed by atoms with van der Waals surface area (Å²) in [6.45, 7) is 0. The molecular formula is C8H7N2-. The molecule has 0 aliphatic carbocycles. The first-order valence-corrected chi connectivity index (χ1v) is 3.18. The standard InChI is InChI=1S/C8H7N2/c1-2-5-8(4-1)10-7-3-6-9-10/h1-7H/q-1. The van der Waals surface area contributed by atoms with Gasteiger partial charge in [0.25, 0.3) is 0 Å². The van der Waals surface area contributed by atoms with Gasteiger partial charge in [0.2, 0.25) is 0 Å². The normalized spacial score (nSPS) is 10.0. The van der Waals surface area contributed by atoms with Crippen molar-refractivity contribution in [2.45, 2.75) is 0 Å². The summed E-state index contributed by atoms with van der Waals surface area (Å²) in [7, 11) is 0. The van der Waals surface area contributed by atoms with E-state index >= 15 is 0 Å². The number of aromatic nitrogens is 2. The zero-order valence-corrected chi connectivity index (χ0v) is 5.44. The van der Waals surface area contributed by atoms with Crippen molar-refractivity contribution in [1.82, 2.24) is 9.78 Å². The van der Waals surface area contributed by atoms with Gasteiger partial charge < -0.3 is 4.68 Å². The lowest BCUT2D eigenvalue weighted by Crippen LogP contribution is -1.89. The summed E-state index contributed by atoms with van der Waals surface area (Å²) in [5.74, 6) is 0. The van der Waals surface area contributed by atoms with E-state index in [1.807, 2.05) is 41.2 Å². The van der Waals surface area contributed by atoms with E-state index in [1.54, 1.807) is 6.20 Å². The Morgan fingerprint density at radius 2 is 1.90 bits per heavy atom. The average molecular weight is 131 g/mol. The van der Waals surface area contributed by atoms with Crippen LogP contribution in [0.2, 0.25) is 0 Å². The average Bonchev–Trinajstić information content (AvgIpc) is 2.59. The first-order valence-electron chi connectivity index (χ1n) is 3.18. The topological polar surface area (TPSA) is 17.8 Å². The molecule has 0 N–H and O–H groups in total. The molecule has 1 aromatic heterocycles. The number of rotatable bonds is 1. The maximum Gasteiger partial charge on any atom is 0.0384 e. The lowest BCUT2D eigenvalue weighted by molar-refractivity contribution is 0.884. The predicted octanol–water partition coefficient (Wildman–Crippen LogP) is 1.59. The third kappa shape index (κ3) is 0.739. The predicted molar refractivity (Wildman–Crippen MR) is 39.2 cm³/mol. The third-order valence-electron chi connectivity index (χ3n) is 1.41. The molecule has 0 unspecified atom stereocenters. The van der Waals surface area contributed by atoms with Gasteiger partial charge in [-0.15, -0.1) is 12.1 Å². The highest BCUT2D eigenvalue weighted by atomic mass is 15.3. The molecule has 0 aliphatic heterocycles. The van der Waals surface area contributed by atoms with Crippen molar-refractivity contribution in [3.05, 3.63) is 42.7 Å². The molecule has 0 saturated carbocycles. The number of hydrogen-bond donors (Lipinski definition) is 0. The fourth-order valence-corrected chi connectivity index (χ4v) is 0.938. The van der Waals surface area contributed by atoms with Gasteiger partial charge in [-0.05, 0) is 11.9 Å². The fourth-order valence-electron chi connectivity index (χ4n) is 0.938. The van der Waals surface area contributed by atoms with Crippen LogP contribution in [-0.4, -0.2) is 9.78 Å². The molecule has 0 saturated heterocycles. The van der Waals surface area contributed by atoms with E-state index in [2.05, 4.69) is 5.10 Å². The molecule has 0 bridgehead atoms. The van der Waals surface area contributed by atoms with E-state index in [0.717, 1.165) is 5.69 Å². The number of hydrogen-bond acceptors (Lipinski definition) is 1. The zero-order chi connectivity index (χ0) is 6.81. The fraction of sp³-hybridized carbons (Fsp3) is 0. The van der Waals surface area contributed by atoms with Crippen LogP contribution in [0.3, 0.4) is 0 Å². The van der Waals surface area contributed by atoms with Gasteiger partial charge in [0, 0.05) is 6.20 Å². The summed E-state index contributed by atoms with van der Waals surface area (Å²) in [6, 6.07) is 9.95. The van der Waals surface area contributed by atoms with Gasteiger partial charge in [0.05, 0.1) is 0 Å². The highest BCUT2D eigenvalue weighted by Crippen LogP contribution is 2.04. The second-order valence-corrected chi connectivity index (χ2v) is 2.09. The van der Waals surface area contributed by atoms with Crippen molar-refractivity contribution < 1.29 is 0 Å². The summed E-state index contributed by atoms with van der Waals surface area (Å²) in [5, 5.41) is 4.08. The minimum absolute atomic E-state index is 1.12. The van der Waals surface area contributed by atoms with E-state index < -0.39 is 0 Å². The Kier molecular flexibility index (Phi) is 1.10. The molecule has 0 fully saturated rings. The Hall–Kier alpha value is -1.44. The molecule has 2 nitrogen and oxygen atoms in total. The molecule has 2 rings (SSSR count). The minimum atomic E-state index is 1.12. The lowest BCUT2D eigenvalue weighted by Gasteiger charge is -2.00. The van der Waals surface area contributed by atoms with Crippen LogP contribution in [0.1, 0.15) is 0 Å². The van der Waals surface area contributed by atoms with Gasteiger partial charge in [-0.3, -0.25) is 0 Å². The smallest absolute Gasteiger partial charge is 0.0384 e. The lowest BCUT2D eigenvalue weighted by atomic mass is 10.5. The second kappa shape index (κ2) is 2.06. The quantitative estimate of drug-likeness (QED) is 0.537. The van der Waals surface area contributed by atoms with Crippen LogP contribution in [0, 0.1) is 0 Å². The summed E-state index contributed by atoms with van der Waals surface area (Å²) in [5.41, 5.74) is 1.12. The van der Waals surface area contributed by atoms with Crippen LogP contribution in [-0.2, 0) is 0 Å². The molecule has 0 radical (unpaired) electrons. The van der Waals surface area contributed by atoms with Crippen LogP contribution >= 0.6 is 0 Å². The molecule has 0 aliphatic rings. The number of nitrogens with zero attached hydrogens (tertiary/aromatic N) is 2. The van der Waals surface area contributed by atoms with Crippen LogP contribution in [0.4, 0.5) is 0 Å². The zero-order valence-electron chi connectivity index (χ0n) is 5.44. The van der Waals surface area contributed by atoms with Crippen molar-refractivity contribution >= 4 is 0 Å². The van der Waals surface area contributed by atoms with Crippen LogP contribution < -0.4 is 0 Å². The molecule has 0 spiro atoms. The molecule has 2 heteroatoms. The Morgan fingerprint density at radius 3 is 2.50 bits per heavy atom. The third-order valence-corrected chi connectivity index (χ3v) is 1.41. The van der Waals surface area contributed by atoms with Crippen molar-refractivity contribution in [1.29, 1.82) is 0 Å². The van der Waals surface area contributed by atoms with Gasteiger partial charge in [-0.25, -0.2) is 0 Å². The summed E-state index contributed by atoms with van der Waals surface area (Å²) < 4.78 is 1.83. The molecule has 50 valence electrons. The highest BCUT2D eigenvalue weighted by molar-refractivity contribution is 5.31. The van der Waals surface area contributed by atoms with E-state index in [1.165, 1.54) is 0 Å². The first-order chi connectivity index (χ1) is 4.97. The SMILES string of the molecule is c1cc[c-](-n2cccn2)c1. The Labute approximate surface area is 59.1 Å². The van der Waals surface area contributed by atoms with Crippen molar-refractivity contribution in [3.63, 3.8) is 0 Å². The van der Waals surface area contributed by atoms with Crippen LogP contribution in [0.15, 0.2) is 42.7 Å². The van der Waals surface area contributed by atoms with E-state index in [4.69, 9.17) is 0 Å². The van der Waals surface area contributed by atoms with Gasteiger partial charge in [0.15, 0.2) is 0 Å². The van der Waals surface area contributed by atoms with Crippen LogP contribution in [0.5, 0.6) is 0 Å². The highest BCUT2D eigenvalue weighted by Gasteiger charge is 1.83. The van der Waals surface area contributed by atoms with Gasteiger partial charge in [-0.2, -0.15) is 17.2 Å². The van der Waals surface area contributed by atoms with Gasteiger partial charge in [-0.1, -0.05) is 6.07 Å². The van der Waals surface area contributed by atoms with Crippen LogP contribution in [0.25, 0.3) is 5.69 Å². The van der Waals surface area contributed by atoms with Crippen molar-refractivity contribution in [2.75, 3.05) is 0 Å². The maximum absolute atomic E-state index is 4.08. The van der Waals surface area contributed by atoms with E-state index in [9.17, 15) is 0 Å². The molecule has 0 atom stereocenters. The summed E-state index contributed by atoms with van der Waals surface area (Å²) in [4.78, 5) is 0. The van der Waals surface area contributed by atoms with Crippen molar-refractivity contribution in [2.24, 2.45) is 0 Å². The molecule has 10 heavy (non-hydrogen) atoms. The Morgan fingerprint density at radius 1 is 1.10 bits per heavy atom. The summed E-state index contributed by atoms with van der Waals surface area (Å²) >= 11 is 0. The molecule has 1 aromatic carbocycles. The van der Waals surface area contributed by atoms with E-state index in [0.29, 0.717) is 0 Å². The van der Waals surface area contributed by atoms with Gasteiger partial charge >= 0.3 is 0 Å². The minimum Gasteiger partial charge on any atom is -0.320 e. The largest absolute Gasteiger partial charge is 0.320 e. The van der Waals surface area contributed by atoms with E-state index in [-0.39, 0.29) is 0 Å². The Balaban J connectivity index is 2.48. The first kappa shape index (κ1) is 5.35. The maximum atomic E-state index is 4.08. The van der Waals surface area contributed by atoms with Crippen molar-refractivity contribution in [3.8, 4) is 5.69 Å². The van der Waals surface area contributed by atoms with Gasteiger partial charge in [0.1, 0.15) is 0 Å². The molecule has 1 heterocycles. The monoisotopic (exact) mass is 131 g/mol. The molecule has 2 aromatic rings. The Bertz CT molecular complexity index is 247.